The minimum atomic E-state index is 0.448. The molecule has 94 valence electrons. The highest BCUT2D eigenvalue weighted by Crippen LogP contribution is 2.10. The van der Waals surface area contributed by atoms with Crippen molar-refractivity contribution in [3.05, 3.63) is 35.9 Å². The Hall–Kier alpha value is -0.900. The monoisotopic (exact) mass is 234 g/mol. The van der Waals surface area contributed by atoms with Crippen LogP contribution in [-0.2, 0) is 11.3 Å². The summed E-state index contributed by atoms with van der Waals surface area (Å²) in [7, 11) is 0. The molecule has 1 heterocycles. The van der Waals surface area contributed by atoms with Crippen LogP contribution in [0.25, 0.3) is 0 Å². The second-order valence-electron chi connectivity index (χ2n) is 4.50. The van der Waals surface area contributed by atoms with Crippen LogP contribution in [0, 0.1) is 0 Å². The molecule has 1 aliphatic rings. The van der Waals surface area contributed by atoms with Gasteiger partial charge in [0.25, 0.3) is 0 Å². The van der Waals surface area contributed by atoms with E-state index < -0.39 is 0 Å². The van der Waals surface area contributed by atoms with Gasteiger partial charge in [0.15, 0.2) is 0 Å². The lowest BCUT2D eigenvalue weighted by Crippen LogP contribution is -2.32. The van der Waals surface area contributed by atoms with Crippen molar-refractivity contribution in [3.63, 3.8) is 0 Å². The lowest BCUT2D eigenvalue weighted by atomic mass is 10.2. The van der Waals surface area contributed by atoms with E-state index in [4.69, 9.17) is 4.74 Å². The fraction of sp³-hybridized carbons (Fsp3) is 0.571. The quantitative estimate of drug-likeness (QED) is 0.702. The predicted molar refractivity (Wildman–Crippen MR) is 70.0 cm³/mol. The molecular weight excluding hydrogens is 212 g/mol. The second kappa shape index (κ2) is 7.43. The number of rotatable bonds is 7. The summed E-state index contributed by atoms with van der Waals surface area (Å²) in [5.74, 6) is 0. The first-order valence-electron chi connectivity index (χ1n) is 6.52. The first-order valence-corrected chi connectivity index (χ1v) is 6.52. The van der Waals surface area contributed by atoms with Crippen molar-refractivity contribution in [2.24, 2.45) is 0 Å². The van der Waals surface area contributed by atoms with Gasteiger partial charge in [0.2, 0.25) is 0 Å². The van der Waals surface area contributed by atoms with Crippen molar-refractivity contribution in [1.29, 1.82) is 0 Å². The van der Waals surface area contributed by atoms with Gasteiger partial charge in [-0.05, 0) is 18.4 Å². The molecule has 2 N–H and O–H groups in total. The summed E-state index contributed by atoms with van der Waals surface area (Å²) in [5, 5.41) is 6.85. The van der Waals surface area contributed by atoms with Gasteiger partial charge in [-0.1, -0.05) is 30.3 Å². The summed E-state index contributed by atoms with van der Waals surface area (Å²) < 4.78 is 5.55. The molecule has 1 aromatic carbocycles. The van der Waals surface area contributed by atoms with Crippen LogP contribution in [0.1, 0.15) is 18.4 Å². The van der Waals surface area contributed by atoms with E-state index in [0.717, 1.165) is 32.8 Å². The van der Waals surface area contributed by atoms with E-state index in [1.54, 1.807) is 0 Å². The molecule has 1 aromatic rings. The van der Waals surface area contributed by atoms with Gasteiger partial charge < -0.3 is 15.4 Å². The van der Waals surface area contributed by atoms with E-state index in [-0.39, 0.29) is 0 Å². The molecule has 3 nitrogen and oxygen atoms in total. The third kappa shape index (κ3) is 4.86. The molecule has 1 saturated heterocycles. The maximum Gasteiger partial charge on any atom is 0.0700 e. The second-order valence-corrected chi connectivity index (χ2v) is 4.50. The molecule has 1 atom stereocenters. The van der Waals surface area contributed by atoms with Crippen LogP contribution >= 0.6 is 0 Å². The summed E-state index contributed by atoms with van der Waals surface area (Å²) in [6.45, 7) is 4.89. The molecule has 0 bridgehead atoms. The van der Waals surface area contributed by atoms with Crippen molar-refractivity contribution < 1.29 is 4.74 Å². The van der Waals surface area contributed by atoms with Crippen LogP contribution in [0.3, 0.4) is 0 Å². The third-order valence-electron chi connectivity index (χ3n) is 3.05. The summed E-state index contributed by atoms with van der Waals surface area (Å²) in [4.78, 5) is 0. The van der Waals surface area contributed by atoms with Crippen LogP contribution in [0.15, 0.2) is 30.3 Å². The molecule has 1 fully saturated rings. The van der Waals surface area contributed by atoms with Gasteiger partial charge in [-0.3, -0.25) is 0 Å². The summed E-state index contributed by atoms with van der Waals surface area (Å²) in [6, 6.07) is 10.5. The van der Waals surface area contributed by atoms with Crippen LogP contribution in [0.5, 0.6) is 0 Å². The first kappa shape index (κ1) is 12.6. The van der Waals surface area contributed by atoms with Gasteiger partial charge in [0, 0.05) is 32.8 Å². The Bertz CT molecular complexity index is 296. The highest BCUT2D eigenvalue weighted by Gasteiger charge is 2.13. The number of hydrogen-bond acceptors (Lipinski definition) is 3. The zero-order chi connectivity index (χ0) is 11.8. The maximum absolute atomic E-state index is 5.55. The van der Waals surface area contributed by atoms with Crippen molar-refractivity contribution in [3.8, 4) is 0 Å². The predicted octanol–water partition coefficient (Wildman–Crippen LogP) is 1.54. The Balaban J connectivity index is 1.46. The smallest absolute Gasteiger partial charge is 0.0700 e. The van der Waals surface area contributed by atoms with E-state index in [9.17, 15) is 0 Å². The van der Waals surface area contributed by atoms with Crippen LogP contribution in [-0.4, -0.2) is 32.3 Å². The first-order chi connectivity index (χ1) is 8.45. The number of benzene rings is 1. The Labute approximate surface area is 104 Å². The van der Waals surface area contributed by atoms with E-state index >= 15 is 0 Å². The zero-order valence-corrected chi connectivity index (χ0v) is 10.3. The zero-order valence-electron chi connectivity index (χ0n) is 10.3. The SMILES string of the molecule is c1ccc(CNCCNCC2CCCO2)cc1. The molecule has 3 heteroatoms. The lowest BCUT2D eigenvalue weighted by Gasteiger charge is -2.11. The maximum atomic E-state index is 5.55. The van der Waals surface area contributed by atoms with E-state index in [1.165, 1.54) is 18.4 Å². The minimum absolute atomic E-state index is 0.448. The lowest BCUT2D eigenvalue weighted by molar-refractivity contribution is 0.110. The fourth-order valence-corrected chi connectivity index (χ4v) is 2.07. The molecule has 0 aliphatic carbocycles. The van der Waals surface area contributed by atoms with Gasteiger partial charge in [-0.2, -0.15) is 0 Å². The Morgan fingerprint density at radius 2 is 1.94 bits per heavy atom. The van der Waals surface area contributed by atoms with Crippen molar-refractivity contribution in [1.82, 2.24) is 10.6 Å². The van der Waals surface area contributed by atoms with Gasteiger partial charge in [0.1, 0.15) is 0 Å². The average molecular weight is 234 g/mol. The molecular formula is C14H22N2O. The summed E-state index contributed by atoms with van der Waals surface area (Å²) in [6.07, 6.45) is 2.88. The molecule has 0 saturated carbocycles. The topological polar surface area (TPSA) is 33.3 Å². The molecule has 1 unspecified atom stereocenters. The molecule has 0 amide bonds. The Morgan fingerprint density at radius 3 is 2.71 bits per heavy atom. The van der Waals surface area contributed by atoms with Crippen molar-refractivity contribution in [2.45, 2.75) is 25.5 Å². The van der Waals surface area contributed by atoms with Crippen LogP contribution < -0.4 is 10.6 Å². The molecule has 1 aliphatic heterocycles. The minimum Gasteiger partial charge on any atom is -0.377 e. The standard InChI is InChI=1S/C14H22N2O/c1-2-5-13(6-3-1)11-15-8-9-16-12-14-7-4-10-17-14/h1-3,5-6,14-16H,4,7-12H2. The highest BCUT2D eigenvalue weighted by molar-refractivity contribution is 5.14. The third-order valence-corrected chi connectivity index (χ3v) is 3.05. The molecule has 0 aromatic heterocycles. The average Bonchev–Trinajstić information content (AvgIpc) is 2.88. The van der Waals surface area contributed by atoms with Gasteiger partial charge >= 0.3 is 0 Å². The Kier molecular flexibility index (Phi) is 5.49. The highest BCUT2D eigenvalue weighted by atomic mass is 16.5. The number of ether oxygens (including phenoxy) is 1. The number of hydrogen-bond donors (Lipinski definition) is 2. The largest absolute Gasteiger partial charge is 0.377 e. The van der Waals surface area contributed by atoms with E-state index in [0.29, 0.717) is 6.10 Å². The molecule has 17 heavy (non-hydrogen) atoms. The van der Waals surface area contributed by atoms with Gasteiger partial charge in [0.05, 0.1) is 6.10 Å². The van der Waals surface area contributed by atoms with Crippen LogP contribution in [0.4, 0.5) is 0 Å². The summed E-state index contributed by atoms with van der Waals surface area (Å²) in [5.41, 5.74) is 1.34. The number of nitrogens with one attached hydrogen (secondary N) is 2. The van der Waals surface area contributed by atoms with Gasteiger partial charge in [-0.25, -0.2) is 0 Å². The van der Waals surface area contributed by atoms with Crippen molar-refractivity contribution >= 4 is 0 Å². The molecule has 2 rings (SSSR count). The fourth-order valence-electron chi connectivity index (χ4n) is 2.07. The van der Waals surface area contributed by atoms with E-state index in [1.807, 2.05) is 6.07 Å². The van der Waals surface area contributed by atoms with E-state index in [2.05, 4.69) is 34.9 Å². The Morgan fingerprint density at radius 1 is 1.12 bits per heavy atom. The van der Waals surface area contributed by atoms with Crippen molar-refractivity contribution in [2.75, 3.05) is 26.2 Å². The molecule has 0 spiro atoms. The van der Waals surface area contributed by atoms with Crippen LogP contribution in [0.2, 0.25) is 0 Å². The summed E-state index contributed by atoms with van der Waals surface area (Å²) >= 11 is 0. The van der Waals surface area contributed by atoms with Gasteiger partial charge in [-0.15, -0.1) is 0 Å². The normalized spacial score (nSPS) is 19.6. The molecule has 0 radical (unpaired) electrons.